The zero-order valence-electron chi connectivity index (χ0n) is 17.9. The van der Waals surface area contributed by atoms with E-state index in [1.807, 2.05) is 44.2 Å². The Morgan fingerprint density at radius 3 is 2.65 bits per heavy atom. The molecule has 2 amide bonds. The standard InChI is InChI=1S/C23H26ClN5O2/c1-14-13-18-17(15(2)25-14)5-4-6-20(18)27-23(30)26-16-9-11-29(12-10-16)21-8-7-19(24)22(28-21)31-3/h4-8,13,16H,9-12H2,1-3H3,(H2,26,27,30). The number of halogens is 1. The molecule has 0 saturated carbocycles. The van der Waals surface area contributed by atoms with Crippen LogP contribution in [0.1, 0.15) is 24.2 Å². The van der Waals surface area contributed by atoms with Crippen LogP contribution in [0, 0.1) is 13.8 Å². The third-order valence-electron chi connectivity index (χ3n) is 5.59. The van der Waals surface area contributed by atoms with E-state index < -0.39 is 0 Å². The van der Waals surface area contributed by atoms with Crippen molar-refractivity contribution in [2.45, 2.75) is 32.7 Å². The summed E-state index contributed by atoms with van der Waals surface area (Å²) in [5.41, 5.74) is 2.68. The lowest BCUT2D eigenvalue weighted by Crippen LogP contribution is -2.46. The number of fused-ring (bicyclic) bond motifs is 1. The summed E-state index contributed by atoms with van der Waals surface area (Å²) in [6, 6.07) is 11.5. The number of amides is 2. The summed E-state index contributed by atoms with van der Waals surface area (Å²) in [7, 11) is 1.56. The number of carbonyl (C=O) groups excluding carboxylic acids is 1. The number of aryl methyl sites for hydroxylation is 2. The second-order valence-corrected chi connectivity index (χ2v) is 8.18. The number of ether oxygens (including phenoxy) is 1. The van der Waals surface area contributed by atoms with Crippen molar-refractivity contribution in [3.05, 3.63) is 52.8 Å². The van der Waals surface area contributed by atoms with E-state index in [0.29, 0.717) is 10.9 Å². The normalized spacial score (nSPS) is 14.5. The Morgan fingerprint density at radius 1 is 1.13 bits per heavy atom. The number of piperidine rings is 1. The van der Waals surface area contributed by atoms with Crippen LogP contribution in [0.15, 0.2) is 36.4 Å². The van der Waals surface area contributed by atoms with Gasteiger partial charge in [0.2, 0.25) is 5.88 Å². The molecule has 1 aliphatic rings. The number of aromatic nitrogens is 2. The predicted molar refractivity (Wildman–Crippen MR) is 124 cm³/mol. The number of pyridine rings is 2. The van der Waals surface area contributed by atoms with E-state index in [1.165, 1.54) is 0 Å². The second-order valence-electron chi connectivity index (χ2n) is 7.77. The molecule has 2 N–H and O–H groups in total. The van der Waals surface area contributed by atoms with E-state index in [9.17, 15) is 4.79 Å². The van der Waals surface area contributed by atoms with Crippen LogP contribution in [0.4, 0.5) is 16.3 Å². The average molecular weight is 440 g/mol. The molecule has 1 saturated heterocycles. The van der Waals surface area contributed by atoms with Gasteiger partial charge in [-0.15, -0.1) is 0 Å². The fourth-order valence-electron chi connectivity index (χ4n) is 4.04. The number of nitrogens with zero attached hydrogens (tertiary/aromatic N) is 3. The number of urea groups is 1. The van der Waals surface area contributed by atoms with Crippen molar-refractivity contribution in [3.8, 4) is 5.88 Å². The molecule has 1 aromatic carbocycles. The molecule has 1 fully saturated rings. The van der Waals surface area contributed by atoms with Crippen molar-refractivity contribution in [1.82, 2.24) is 15.3 Å². The molecule has 0 bridgehead atoms. The number of carbonyl (C=O) groups is 1. The first-order chi connectivity index (χ1) is 14.9. The molecular weight excluding hydrogens is 414 g/mol. The maximum Gasteiger partial charge on any atom is 0.319 e. The maximum absolute atomic E-state index is 12.7. The Bertz CT molecular complexity index is 1110. The zero-order valence-corrected chi connectivity index (χ0v) is 18.7. The summed E-state index contributed by atoms with van der Waals surface area (Å²) in [5.74, 6) is 1.26. The fraction of sp³-hybridized carbons (Fsp3) is 0.348. The number of rotatable bonds is 4. The molecule has 162 valence electrons. The van der Waals surface area contributed by atoms with Crippen LogP contribution in [0.3, 0.4) is 0 Å². The molecule has 8 heteroatoms. The van der Waals surface area contributed by atoms with E-state index in [0.717, 1.165) is 59.6 Å². The van der Waals surface area contributed by atoms with Crippen molar-refractivity contribution >= 4 is 39.9 Å². The highest BCUT2D eigenvalue weighted by Gasteiger charge is 2.22. The minimum Gasteiger partial charge on any atom is -0.480 e. The van der Waals surface area contributed by atoms with Gasteiger partial charge in [-0.1, -0.05) is 23.7 Å². The molecule has 0 radical (unpaired) electrons. The van der Waals surface area contributed by atoms with Gasteiger partial charge in [-0.25, -0.2) is 4.79 Å². The van der Waals surface area contributed by atoms with E-state index in [2.05, 4.69) is 25.5 Å². The first kappa shape index (κ1) is 21.2. The maximum atomic E-state index is 12.7. The molecular formula is C23H26ClN5O2. The van der Waals surface area contributed by atoms with Crippen molar-refractivity contribution in [1.29, 1.82) is 0 Å². The fourth-order valence-corrected chi connectivity index (χ4v) is 4.22. The van der Waals surface area contributed by atoms with Crippen LogP contribution in [0.2, 0.25) is 5.02 Å². The number of anilines is 2. The summed E-state index contributed by atoms with van der Waals surface area (Å²) < 4.78 is 5.21. The highest BCUT2D eigenvalue weighted by Crippen LogP contribution is 2.28. The number of benzene rings is 1. The van der Waals surface area contributed by atoms with Gasteiger partial charge in [0.05, 0.1) is 12.8 Å². The lowest BCUT2D eigenvalue weighted by atomic mass is 10.1. The van der Waals surface area contributed by atoms with Gasteiger partial charge in [-0.2, -0.15) is 4.98 Å². The van der Waals surface area contributed by atoms with Gasteiger partial charge in [0.25, 0.3) is 0 Å². The van der Waals surface area contributed by atoms with Crippen molar-refractivity contribution < 1.29 is 9.53 Å². The Balaban J connectivity index is 1.37. The molecule has 1 aliphatic heterocycles. The van der Waals surface area contributed by atoms with E-state index >= 15 is 0 Å². The summed E-state index contributed by atoms with van der Waals surface area (Å²) in [6.07, 6.45) is 1.66. The highest BCUT2D eigenvalue weighted by atomic mass is 35.5. The van der Waals surface area contributed by atoms with Crippen LogP contribution >= 0.6 is 11.6 Å². The van der Waals surface area contributed by atoms with Gasteiger partial charge in [0.1, 0.15) is 10.8 Å². The average Bonchev–Trinajstić information content (AvgIpc) is 2.75. The lowest BCUT2D eigenvalue weighted by Gasteiger charge is -2.33. The van der Waals surface area contributed by atoms with Gasteiger partial charge in [0, 0.05) is 41.3 Å². The number of hydrogen-bond acceptors (Lipinski definition) is 5. The van der Waals surface area contributed by atoms with Crippen LogP contribution in [0.5, 0.6) is 5.88 Å². The van der Waals surface area contributed by atoms with Crippen molar-refractivity contribution in [2.24, 2.45) is 0 Å². The highest BCUT2D eigenvalue weighted by molar-refractivity contribution is 6.31. The molecule has 31 heavy (non-hydrogen) atoms. The topological polar surface area (TPSA) is 79.4 Å². The summed E-state index contributed by atoms with van der Waals surface area (Å²) in [4.78, 5) is 23.8. The quantitative estimate of drug-likeness (QED) is 0.616. The smallest absolute Gasteiger partial charge is 0.319 e. The predicted octanol–water partition coefficient (Wildman–Crippen LogP) is 4.70. The second kappa shape index (κ2) is 8.98. The van der Waals surface area contributed by atoms with Gasteiger partial charge < -0.3 is 20.3 Å². The number of nitrogens with one attached hydrogen (secondary N) is 2. The van der Waals surface area contributed by atoms with Gasteiger partial charge in [-0.3, -0.25) is 4.98 Å². The van der Waals surface area contributed by atoms with Crippen LogP contribution < -0.4 is 20.3 Å². The zero-order chi connectivity index (χ0) is 22.0. The van der Waals surface area contributed by atoms with Gasteiger partial charge in [0.15, 0.2) is 0 Å². The van der Waals surface area contributed by atoms with Crippen molar-refractivity contribution in [2.75, 3.05) is 30.4 Å². The Labute approximate surface area is 186 Å². The van der Waals surface area contributed by atoms with E-state index in [4.69, 9.17) is 16.3 Å². The third kappa shape index (κ3) is 4.66. The van der Waals surface area contributed by atoms with Crippen molar-refractivity contribution in [3.63, 3.8) is 0 Å². The van der Waals surface area contributed by atoms with Crippen LogP contribution in [0.25, 0.3) is 10.8 Å². The monoisotopic (exact) mass is 439 g/mol. The molecule has 0 unspecified atom stereocenters. The minimum absolute atomic E-state index is 0.102. The largest absolute Gasteiger partial charge is 0.480 e. The lowest BCUT2D eigenvalue weighted by molar-refractivity contribution is 0.246. The summed E-state index contributed by atoms with van der Waals surface area (Å²) in [6.45, 7) is 5.53. The number of methoxy groups -OCH3 is 1. The molecule has 4 rings (SSSR count). The van der Waals surface area contributed by atoms with Gasteiger partial charge >= 0.3 is 6.03 Å². The third-order valence-corrected chi connectivity index (χ3v) is 5.88. The van der Waals surface area contributed by atoms with E-state index in [1.54, 1.807) is 13.2 Å². The molecule has 0 atom stereocenters. The van der Waals surface area contributed by atoms with E-state index in [-0.39, 0.29) is 12.1 Å². The SMILES string of the molecule is COc1nc(N2CCC(NC(=O)Nc3cccc4c(C)nc(C)cc34)CC2)ccc1Cl. The molecule has 2 aromatic heterocycles. The number of hydrogen-bond donors (Lipinski definition) is 2. The van der Waals surface area contributed by atoms with Crippen LogP contribution in [-0.4, -0.2) is 42.2 Å². The Morgan fingerprint density at radius 2 is 1.90 bits per heavy atom. The Kier molecular flexibility index (Phi) is 6.13. The molecule has 0 spiro atoms. The van der Waals surface area contributed by atoms with Gasteiger partial charge in [-0.05, 0) is 51.0 Å². The van der Waals surface area contributed by atoms with Crippen LogP contribution in [-0.2, 0) is 0 Å². The first-order valence-corrected chi connectivity index (χ1v) is 10.7. The first-order valence-electron chi connectivity index (χ1n) is 10.3. The Hall–Kier alpha value is -3.06. The molecule has 3 aromatic rings. The molecule has 3 heterocycles. The summed E-state index contributed by atoms with van der Waals surface area (Å²) in [5, 5.41) is 8.66. The minimum atomic E-state index is -0.190. The summed E-state index contributed by atoms with van der Waals surface area (Å²) >= 11 is 6.07. The molecule has 7 nitrogen and oxygen atoms in total. The molecule has 0 aliphatic carbocycles.